The van der Waals surface area contributed by atoms with E-state index in [0.29, 0.717) is 0 Å². The van der Waals surface area contributed by atoms with Crippen molar-refractivity contribution in [2.24, 2.45) is 0 Å². The zero-order valence-electron chi connectivity index (χ0n) is 28.9. The Balaban J connectivity index is 0. The van der Waals surface area contributed by atoms with E-state index in [2.05, 4.69) is 13.8 Å². The van der Waals surface area contributed by atoms with Crippen LogP contribution in [-0.4, -0.2) is 48.5 Å². The first-order valence-electron chi connectivity index (χ1n) is 19.2. The molecule has 0 aliphatic rings. The standard InChI is InChI=1S/2C18H37.Ca.H3O4P/c2*1-3-5-7-9-11-13-15-17-18-16-14-12-10-8-6-4-2;;1-5(2,3)4/h2*1,3-18H2,2H3;;(H3,1,2,3,4). The Bertz CT molecular complexity index is 472. The molecule has 0 aliphatic carbocycles. The van der Waals surface area contributed by atoms with Crippen LogP contribution in [0.3, 0.4) is 0 Å². The summed E-state index contributed by atoms with van der Waals surface area (Å²) in [5.74, 6) is 0. The molecule has 0 heterocycles. The second kappa shape index (κ2) is 40.4. The number of hydrogen-bond donors (Lipinski definition) is 3. The molecule has 0 amide bonds. The fourth-order valence-electron chi connectivity index (χ4n) is 5.98. The van der Waals surface area contributed by atoms with Gasteiger partial charge in [-0.2, -0.15) is 0 Å². The van der Waals surface area contributed by atoms with Crippen LogP contribution in [0.2, 0.25) is 5.04 Å². The van der Waals surface area contributed by atoms with Gasteiger partial charge < -0.3 is 14.7 Å². The minimum atomic E-state index is -4.64. The minimum Gasteiger partial charge on any atom is -0.303 e. The Hall–Kier alpha value is 1.37. The van der Waals surface area contributed by atoms with Gasteiger partial charge >= 0.3 is 188 Å². The van der Waals surface area contributed by atoms with E-state index < -0.39 is 7.82 Å². The van der Waals surface area contributed by atoms with E-state index in [1.165, 1.54) is 180 Å². The molecule has 0 saturated carbocycles. The monoisotopic (exact) mass is 645 g/mol. The van der Waals surface area contributed by atoms with Gasteiger partial charge in [-0.25, -0.2) is 4.57 Å². The topological polar surface area (TPSA) is 77.8 Å². The van der Waals surface area contributed by atoms with Crippen molar-refractivity contribution in [2.45, 2.75) is 224 Å². The number of rotatable bonds is 34. The first-order valence-corrected chi connectivity index (χ1v) is 23.9. The van der Waals surface area contributed by atoms with Gasteiger partial charge in [0, 0.05) is 0 Å². The van der Waals surface area contributed by atoms with Crippen LogP contribution in [0.5, 0.6) is 0 Å². The Kier molecular flexibility index (Phi) is 43.8. The second-order valence-electron chi connectivity index (χ2n) is 13.2. The van der Waals surface area contributed by atoms with Gasteiger partial charge in [0.1, 0.15) is 0 Å². The van der Waals surface area contributed by atoms with Crippen LogP contribution in [0.4, 0.5) is 0 Å². The Morgan fingerprint density at radius 3 is 0.643 bits per heavy atom. The predicted molar refractivity (Wildman–Crippen MR) is 189 cm³/mol. The molecule has 0 aliphatic heterocycles. The van der Waals surface area contributed by atoms with Crippen LogP contribution in [0.15, 0.2) is 0 Å². The molecule has 0 radical (unpaired) electrons. The molecule has 6 heteroatoms. The maximum atomic E-state index is 8.88. The molecule has 0 aromatic rings. The summed E-state index contributed by atoms with van der Waals surface area (Å²) < 4.78 is 12.3. The van der Waals surface area contributed by atoms with Crippen LogP contribution >= 0.6 is 7.82 Å². The van der Waals surface area contributed by atoms with Crippen molar-refractivity contribution in [1.82, 2.24) is 0 Å². The van der Waals surface area contributed by atoms with Gasteiger partial charge in [0.15, 0.2) is 0 Å². The average Bonchev–Trinajstić information content (AvgIpc) is 2.94. The van der Waals surface area contributed by atoms with E-state index in [9.17, 15) is 0 Å². The van der Waals surface area contributed by atoms with Crippen molar-refractivity contribution >= 4 is 41.7 Å². The Morgan fingerprint density at radius 2 is 0.476 bits per heavy atom. The summed E-state index contributed by atoms with van der Waals surface area (Å²) in [4.78, 5) is 21.6. The average molecular weight is 645 g/mol. The van der Waals surface area contributed by atoms with Crippen LogP contribution < -0.4 is 0 Å². The third kappa shape index (κ3) is 53.9. The fraction of sp³-hybridized carbons (Fsp3) is 1.00. The van der Waals surface area contributed by atoms with Crippen molar-refractivity contribution in [2.75, 3.05) is 0 Å². The van der Waals surface area contributed by atoms with Crippen LogP contribution in [-0.2, 0) is 4.57 Å². The summed E-state index contributed by atoms with van der Waals surface area (Å²) in [5, 5.41) is 0. The van der Waals surface area contributed by atoms with Crippen molar-refractivity contribution in [3.8, 4) is 0 Å². The van der Waals surface area contributed by atoms with Gasteiger partial charge in [0.2, 0.25) is 0 Å². The predicted octanol–water partition coefficient (Wildman–Crippen LogP) is 13.1. The van der Waals surface area contributed by atoms with E-state index in [1.807, 2.05) is 0 Å². The van der Waals surface area contributed by atoms with Crippen LogP contribution in [0, 0.1) is 0 Å². The summed E-state index contributed by atoms with van der Waals surface area (Å²) in [6, 6.07) is 0. The Labute approximate surface area is 283 Å². The summed E-state index contributed by atoms with van der Waals surface area (Å²) >= 11 is -0.143. The van der Waals surface area contributed by atoms with Gasteiger partial charge in [-0.3, -0.25) is 0 Å². The number of phosphoric acid groups is 1. The van der Waals surface area contributed by atoms with Gasteiger partial charge in [-0.05, 0) is 0 Å². The molecule has 0 bridgehead atoms. The summed E-state index contributed by atoms with van der Waals surface area (Å²) in [6.45, 7) is 4.62. The zero-order valence-corrected chi connectivity index (χ0v) is 32.0. The molecule has 0 aromatic carbocycles. The maximum absolute atomic E-state index is 8.88. The molecule has 0 fully saturated rings. The van der Waals surface area contributed by atoms with Gasteiger partial charge in [-0.1, -0.05) is 78.1 Å². The summed E-state index contributed by atoms with van der Waals surface area (Å²) in [6.07, 6.45) is 47.9. The number of hydrogen-bond acceptors (Lipinski definition) is 1. The van der Waals surface area contributed by atoms with Crippen molar-refractivity contribution in [3.05, 3.63) is 0 Å². The quantitative estimate of drug-likeness (QED) is 0.0370. The molecule has 0 rings (SSSR count). The van der Waals surface area contributed by atoms with E-state index in [4.69, 9.17) is 19.2 Å². The van der Waals surface area contributed by atoms with E-state index in [-0.39, 0.29) is 33.8 Å². The van der Waals surface area contributed by atoms with Gasteiger partial charge in [-0.15, -0.1) is 0 Å². The normalized spacial score (nSPS) is 11.4. The molecule has 0 aromatic heterocycles. The van der Waals surface area contributed by atoms with Crippen molar-refractivity contribution in [1.29, 1.82) is 0 Å². The van der Waals surface area contributed by atoms with E-state index in [1.54, 1.807) is 30.7 Å². The summed E-state index contributed by atoms with van der Waals surface area (Å²) in [5.41, 5.74) is 0. The molecule has 0 atom stereocenters. The molecule has 0 spiro atoms. The molecule has 0 saturated heterocycles. The molecule has 252 valence electrons. The van der Waals surface area contributed by atoms with Crippen LogP contribution in [0.25, 0.3) is 0 Å². The molecular weight excluding hydrogens is 567 g/mol. The zero-order chi connectivity index (χ0) is 31.2. The number of unbranched alkanes of at least 4 members (excludes halogenated alkanes) is 30. The van der Waals surface area contributed by atoms with Crippen LogP contribution in [0.1, 0.15) is 219 Å². The molecular formula is C36H77CaO4P. The fourth-order valence-corrected chi connectivity index (χ4v) is 8.74. The second-order valence-corrected chi connectivity index (χ2v) is 17.5. The molecule has 0 unspecified atom stereocenters. The SMILES string of the molecule is CCCCCCCCCCCCCCCCC[CH2][Ca][CH2]CCCCCCCCCCCCCCCCC.O=P(O)(O)O. The van der Waals surface area contributed by atoms with Crippen molar-refractivity contribution < 1.29 is 19.2 Å². The smallest absolute Gasteiger partial charge is 0.303 e. The molecule has 3 N–H and O–H groups in total. The van der Waals surface area contributed by atoms with Gasteiger partial charge in [0.25, 0.3) is 0 Å². The third-order valence-electron chi connectivity index (χ3n) is 8.71. The van der Waals surface area contributed by atoms with Gasteiger partial charge in [0.05, 0.1) is 0 Å². The minimum absolute atomic E-state index is 0.143. The van der Waals surface area contributed by atoms with E-state index >= 15 is 0 Å². The molecule has 4 nitrogen and oxygen atoms in total. The molecule has 42 heavy (non-hydrogen) atoms. The first kappa shape index (κ1) is 45.5. The van der Waals surface area contributed by atoms with E-state index in [0.717, 1.165) is 0 Å². The van der Waals surface area contributed by atoms with Crippen molar-refractivity contribution in [3.63, 3.8) is 0 Å². The Morgan fingerprint density at radius 1 is 0.333 bits per heavy atom. The summed E-state index contributed by atoms with van der Waals surface area (Å²) in [7, 11) is -4.64. The first-order chi connectivity index (χ1) is 20.4. The third-order valence-corrected chi connectivity index (χ3v) is 11.8.